The molecule has 1 heterocycles. The molecule has 116 valence electrons. The number of ether oxygens (including phenoxy) is 1. The SMILES string of the molecule is COc1ccc(C(=O)O)cc1S(=O)(=O)N1CCC[C@H]1CO. The average molecular weight is 315 g/mol. The number of aliphatic hydroxyl groups is 1. The third-order valence-corrected chi connectivity index (χ3v) is 5.50. The number of hydrogen-bond donors (Lipinski definition) is 2. The van der Waals surface area contributed by atoms with E-state index in [1.807, 2.05) is 0 Å². The van der Waals surface area contributed by atoms with Gasteiger partial charge in [-0.25, -0.2) is 13.2 Å². The molecule has 0 bridgehead atoms. The zero-order valence-electron chi connectivity index (χ0n) is 11.5. The Bertz CT molecular complexity index is 642. The van der Waals surface area contributed by atoms with Crippen molar-refractivity contribution in [2.45, 2.75) is 23.8 Å². The lowest BCUT2D eigenvalue weighted by Crippen LogP contribution is -2.37. The highest BCUT2D eigenvalue weighted by Crippen LogP contribution is 2.32. The molecular weight excluding hydrogens is 298 g/mol. The standard InChI is InChI=1S/C13H17NO6S/c1-20-11-5-4-9(13(16)17)7-12(11)21(18,19)14-6-2-3-10(14)8-15/h4-5,7,10,15H,2-3,6,8H2,1H3,(H,16,17)/t10-/m0/s1. The second-order valence-corrected chi connectivity index (χ2v) is 6.62. The van der Waals surface area contributed by atoms with Crippen molar-refractivity contribution in [1.82, 2.24) is 4.31 Å². The van der Waals surface area contributed by atoms with Gasteiger partial charge in [-0.15, -0.1) is 0 Å². The van der Waals surface area contributed by atoms with Gasteiger partial charge in [0.25, 0.3) is 0 Å². The van der Waals surface area contributed by atoms with Gasteiger partial charge in [0.2, 0.25) is 10.0 Å². The highest BCUT2D eigenvalue weighted by Gasteiger charge is 2.36. The van der Waals surface area contributed by atoms with Gasteiger partial charge in [-0.2, -0.15) is 4.31 Å². The van der Waals surface area contributed by atoms with E-state index in [9.17, 15) is 18.3 Å². The number of rotatable bonds is 5. The average Bonchev–Trinajstić information content (AvgIpc) is 2.95. The molecule has 21 heavy (non-hydrogen) atoms. The first-order valence-corrected chi connectivity index (χ1v) is 7.90. The van der Waals surface area contributed by atoms with Crippen molar-refractivity contribution in [3.05, 3.63) is 23.8 Å². The number of carboxylic acid groups (broad SMARTS) is 1. The van der Waals surface area contributed by atoms with Gasteiger partial charge in [-0.3, -0.25) is 0 Å². The summed E-state index contributed by atoms with van der Waals surface area (Å²) in [7, 11) is -2.59. The number of nitrogens with zero attached hydrogens (tertiary/aromatic N) is 1. The molecule has 0 aromatic heterocycles. The summed E-state index contributed by atoms with van der Waals surface area (Å²) in [6.07, 6.45) is 1.24. The van der Waals surface area contributed by atoms with E-state index in [4.69, 9.17) is 9.84 Å². The first-order chi connectivity index (χ1) is 9.91. The Morgan fingerprint density at radius 3 is 2.76 bits per heavy atom. The minimum Gasteiger partial charge on any atom is -0.495 e. The molecule has 0 saturated carbocycles. The van der Waals surface area contributed by atoms with Crippen LogP contribution in [0.4, 0.5) is 0 Å². The summed E-state index contributed by atoms with van der Waals surface area (Å²) in [4.78, 5) is 10.8. The summed E-state index contributed by atoms with van der Waals surface area (Å²) in [5, 5.41) is 18.3. The summed E-state index contributed by atoms with van der Waals surface area (Å²) in [5.41, 5.74) is -0.130. The maximum Gasteiger partial charge on any atom is 0.335 e. The predicted molar refractivity (Wildman–Crippen MR) is 74.0 cm³/mol. The maximum absolute atomic E-state index is 12.7. The first-order valence-electron chi connectivity index (χ1n) is 6.46. The van der Waals surface area contributed by atoms with Crippen LogP contribution in [0.1, 0.15) is 23.2 Å². The van der Waals surface area contributed by atoms with Crippen LogP contribution in [0.25, 0.3) is 0 Å². The van der Waals surface area contributed by atoms with Crippen LogP contribution in [-0.4, -0.2) is 55.2 Å². The Hall–Kier alpha value is -1.64. The minimum atomic E-state index is -3.91. The van der Waals surface area contributed by atoms with Crippen LogP contribution in [0.2, 0.25) is 0 Å². The lowest BCUT2D eigenvalue weighted by molar-refractivity contribution is 0.0696. The van der Waals surface area contributed by atoms with E-state index in [-0.39, 0.29) is 22.8 Å². The molecule has 1 atom stereocenters. The van der Waals surface area contributed by atoms with E-state index in [1.165, 1.54) is 23.5 Å². The number of aliphatic hydroxyl groups excluding tert-OH is 1. The van der Waals surface area contributed by atoms with Crippen LogP contribution in [-0.2, 0) is 10.0 Å². The Balaban J connectivity index is 2.52. The van der Waals surface area contributed by atoms with Crippen LogP contribution in [0.15, 0.2) is 23.1 Å². The Kier molecular flexibility index (Phi) is 4.50. The largest absolute Gasteiger partial charge is 0.495 e. The molecule has 1 fully saturated rings. The molecule has 1 aromatic rings. The topological polar surface area (TPSA) is 104 Å². The summed E-state index contributed by atoms with van der Waals surface area (Å²) in [6.45, 7) is 0.0359. The Morgan fingerprint density at radius 1 is 1.48 bits per heavy atom. The molecule has 1 aromatic carbocycles. The van der Waals surface area contributed by atoms with Crippen molar-refractivity contribution in [2.75, 3.05) is 20.3 Å². The zero-order valence-corrected chi connectivity index (χ0v) is 12.3. The van der Waals surface area contributed by atoms with Gasteiger partial charge >= 0.3 is 5.97 Å². The fraction of sp³-hybridized carbons (Fsp3) is 0.462. The molecule has 1 saturated heterocycles. The second kappa shape index (κ2) is 6.00. The van der Waals surface area contributed by atoms with E-state index in [1.54, 1.807) is 0 Å². The summed E-state index contributed by atoms with van der Waals surface area (Å²) in [5.74, 6) is -1.13. The van der Waals surface area contributed by atoms with Crippen molar-refractivity contribution in [2.24, 2.45) is 0 Å². The van der Waals surface area contributed by atoms with Crippen LogP contribution in [0, 0.1) is 0 Å². The summed E-state index contributed by atoms with van der Waals surface area (Å²) in [6, 6.07) is 3.21. The molecule has 0 amide bonds. The first kappa shape index (κ1) is 15.7. The van der Waals surface area contributed by atoms with Crippen LogP contribution < -0.4 is 4.74 Å². The lowest BCUT2D eigenvalue weighted by atomic mass is 10.2. The lowest BCUT2D eigenvalue weighted by Gasteiger charge is -2.23. The van der Waals surface area contributed by atoms with Crippen molar-refractivity contribution in [3.63, 3.8) is 0 Å². The predicted octanol–water partition coefficient (Wildman–Crippen LogP) is 0.539. The fourth-order valence-corrected chi connectivity index (χ4v) is 4.31. The monoisotopic (exact) mass is 315 g/mol. The third kappa shape index (κ3) is 2.87. The van der Waals surface area contributed by atoms with E-state index >= 15 is 0 Å². The van der Waals surface area contributed by atoms with Crippen molar-refractivity contribution >= 4 is 16.0 Å². The van der Waals surface area contributed by atoms with E-state index < -0.39 is 22.0 Å². The second-order valence-electron chi connectivity index (χ2n) is 4.77. The van der Waals surface area contributed by atoms with Crippen molar-refractivity contribution < 1.29 is 28.2 Å². The highest BCUT2D eigenvalue weighted by atomic mass is 32.2. The summed E-state index contributed by atoms with van der Waals surface area (Å²) >= 11 is 0. The molecule has 0 aliphatic carbocycles. The molecule has 2 N–H and O–H groups in total. The van der Waals surface area contributed by atoms with Crippen molar-refractivity contribution in [3.8, 4) is 5.75 Å². The van der Waals surface area contributed by atoms with Crippen LogP contribution in [0.5, 0.6) is 5.75 Å². The molecule has 8 heteroatoms. The van der Waals surface area contributed by atoms with E-state index in [0.717, 1.165) is 6.07 Å². The van der Waals surface area contributed by atoms with Crippen LogP contribution >= 0.6 is 0 Å². The van der Waals surface area contributed by atoms with Gasteiger partial charge in [-0.1, -0.05) is 0 Å². The van der Waals surface area contributed by atoms with Crippen molar-refractivity contribution in [1.29, 1.82) is 0 Å². The Morgan fingerprint density at radius 2 is 2.19 bits per heavy atom. The minimum absolute atomic E-state index is 0.0867. The number of methoxy groups -OCH3 is 1. The molecule has 2 rings (SSSR count). The van der Waals surface area contributed by atoms with Gasteiger partial charge < -0.3 is 14.9 Å². The number of carbonyl (C=O) groups is 1. The number of carboxylic acids is 1. The summed E-state index contributed by atoms with van der Waals surface area (Å²) < 4.78 is 31.6. The number of hydrogen-bond acceptors (Lipinski definition) is 5. The number of aromatic carboxylic acids is 1. The molecule has 1 aliphatic rings. The van der Waals surface area contributed by atoms with E-state index in [2.05, 4.69) is 0 Å². The van der Waals surface area contributed by atoms with Gasteiger partial charge in [0.15, 0.2) is 0 Å². The Labute approximate surface area is 122 Å². The highest BCUT2D eigenvalue weighted by molar-refractivity contribution is 7.89. The van der Waals surface area contributed by atoms with E-state index in [0.29, 0.717) is 19.4 Å². The van der Waals surface area contributed by atoms with Gasteiger partial charge in [0, 0.05) is 12.6 Å². The van der Waals surface area contributed by atoms with Gasteiger partial charge in [0.1, 0.15) is 10.6 Å². The number of benzene rings is 1. The molecule has 7 nitrogen and oxygen atoms in total. The molecule has 0 unspecified atom stereocenters. The van der Waals surface area contributed by atoms with Gasteiger partial charge in [0.05, 0.1) is 19.3 Å². The smallest absolute Gasteiger partial charge is 0.335 e. The molecule has 0 spiro atoms. The molecular formula is C13H17NO6S. The third-order valence-electron chi connectivity index (χ3n) is 3.53. The normalized spacial score (nSPS) is 19.6. The molecule has 1 aliphatic heterocycles. The zero-order chi connectivity index (χ0) is 15.6. The van der Waals surface area contributed by atoms with Crippen LogP contribution in [0.3, 0.4) is 0 Å². The molecule has 0 radical (unpaired) electrons. The number of sulfonamides is 1. The fourth-order valence-electron chi connectivity index (χ4n) is 2.45. The maximum atomic E-state index is 12.7. The van der Waals surface area contributed by atoms with Gasteiger partial charge in [-0.05, 0) is 31.0 Å². The quantitative estimate of drug-likeness (QED) is 0.822.